The van der Waals surface area contributed by atoms with Gasteiger partial charge in [0.2, 0.25) is 0 Å². The molecule has 2 heterocycles. The number of rotatable bonds is 7. The molecule has 1 unspecified atom stereocenters. The lowest BCUT2D eigenvalue weighted by Gasteiger charge is -2.19. The molecule has 3 nitrogen and oxygen atoms in total. The van der Waals surface area contributed by atoms with E-state index in [1.165, 1.54) is 10.4 Å². The molecule has 108 valence electrons. The molecule has 2 aromatic heterocycles. The van der Waals surface area contributed by atoms with Crippen molar-refractivity contribution in [3.8, 4) is 5.75 Å². The summed E-state index contributed by atoms with van der Waals surface area (Å²) in [4.78, 5) is 5.77. The number of hydrogen-bond donors (Lipinski definition) is 1. The third kappa shape index (κ3) is 3.58. The van der Waals surface area contributed by atoms with Crippen LogP contribution in [0.3, 0.4) is 0 Å². The number of aryl methyl sites for hydroxylation is 1. The zero-order valence-electron chi connectivity index (χ0n) is 12.3. The van der Waals surface area contributed by atoms with E-state index in [1.54, 1.807) is 18.4 Å². The predicted molar refractivity (Wildman–Crippen MR) is 84.6 cm³/mol. The number of nitrogens with zero attached hydrogens (tertiary/aromatic N) is 1. The first-order chi connectivity index (χ1) is 9.76. The average Bonchev–Trinajstić information content (AvgIpc) is 2.93. The van der Waals surface area contributed by atoms with Crippen LogP contribution in [0.15, 0.2) is 29.8 Å². The molecule has 0 saturated heterocycles. The number of hydrogen-bond acceptors (Lipinski definition) is 4. The van der Waals surface area contributed by atoms with Crippen molar-refractivity contribution in [2.24, 2.45) is 0 Å². The van der Waals surface area contributed by atoms with Crippen LogP contribution in [-0.2, 0) is 6.42 Å². The van der Waals surface area contributed by atoms with Crippen molar-refractivity contribution in [3.05, 3.63) is 45.9 Å². The molecule has 0 aromatic carbocycles. The first kappa shape index (κ1) is 15.0. The number of aromatic nitrogens is 1. The van der Waals surface area contributed by atoms with Gasteiger partial charge in [0.15, 0.2) is 0 Å². The Hall–Kier alpha value is -1.39. The van der Waals surface area contributed by atoms with Crippen molar-refractivity contribution in [2.75, 3.05) is 13.7 Å². The maximum atomic E-state index is 5.46. The summed E-state index contributed by atoms with van der Waals surface area (Å²) in [5.41, 5.74) is 2.39. The van der Waals surface area contributed by atoms with E-state index < -0.39 is 0 Å². The van der Waals surface area contributed by atoms with Gasteiger partial charge in [0, 0.05) is 18.3 Å². The Kier molecular flexibility index (Phi) is 5.56. The van der Waals surface area contributed by atoms with Crippen molar-refractivity contribution in [1.82, 2.24) is 10.3 Å². The van der Waals surface area contributed by atoms with Gasteiger partial charge in [-0.15, -0.1) is 11.3 Å². The van der Waals surface area contributed by atoms with E-state index >= 15 is 0 Å². The molecular weight excluding hydrogens is 268 g/mol. The first-order valence-electron chi connectivity index (χ1n) is 7.01. The molecule has 0 radical (unpaired) electrons. The zero-order chi connectivity index (χ0) is 14.4. The lowest BCUT2D eigenvalue weighted by molar-refractivity contribution is 0.402. The molecule has 1 N–H and O–H groups in total. The maximum Gasteiger partial charge on any atom is 0.134 e. The fraction of sp³-hybridized carbons (Fsp3) is 0.438. The second kappa shape index (κ2) is 7.41. The quantitative estimate of drug-likeness (QED) is 0.843. The van der Waals surface area contributed by atoms with E-state index in [-0.39, 0.29) is 6.04 Å². The zero-order valence-corrected chi connectivity index (χ0v) is 13.2. The van der Waals surface area contributed by atoms with Gasteiger partial charge in [0.25, 0.3) is 0 Å². The van der Waals surface area contributed by atoms with Crippen LogP contribution in [0.4, 0.5) is 0 Å². The standard InChI is InChI=1S/C16H22N2OS/c1-4-8-17-14(16-15(19-3)7-10-20-16)11-13-12(2)6-5-9-18-13/h5-7,9-10,14,17H,4,8,11H2,1-3H3. The summed E-state index contributed by atoms with van der Waals surface area (Å²) in [7, 11) is 1.73. The smallest absolute Gasteiger partial charge is 0.134 e. The largest absolute Gasteiger partial charge is 0.496 e. The number of ether oxygens (including phenoxy) is 1. The van der Waals surface area contributed by atoms with E-state index in [9.17, 15) is 0 Å². The van der Waals surface area contributed by atoms with E-state index in [2.05, 4.69) is 35.6 Å². The predicted octanol–water partition coefficient (Wildman–Crippen LogP) is 3.74. The molecule has 0 spiro atoms. The van der Waals surface area contributed by atoms with Crippen LogP contribution < -0.4 is 10.1 Å². The number of thiophene rings is 1. The third-order valence-corrected chi connectivity index (χ3v) is 4.36. The van der Waals surface area contributed by atoms with Crippen molar-refractivity contribution in [3.63, 3.8) is 0 Å². The number of nitrogens with one attached hydrogen (secondary N) is 1. The molecule has 0 aliphatic carbocycles. The van der Waals surface area contributed by atoms with Crippen molar-refractivity contribution in [1.29, 1.82) is 0 Å². The highest BCUT2D eigenvalue weighted by Gasteiger charge is 2.18. The van der Waals surface area contributed by atoms with Gasteiger partial charge in [-0.25, -0.2) is 0 Å². The molecule has 0 aliphatic heterocycles. The molecule has 0 saturated carbocycles. The van der Waals surface area contributed by atoms with Gasteiger partial charge in [-0.2, -0.15) is 0 Å². The van der Waals surface area contributed by atoms with E-state index in [0.717, 1.165) is 30.8 Å². The molecule has 0 amide bonds. The lowest BCUT2D eigenvalue weighted by Crippen LogP contribution is -2.24. The van der Waals surface area contributed by atoms with Crippen molar-refractivity contribution >= 4 is 11.3 Å². The summed E-state index contributed by atoms with van der Waals surface area (Å²) in [5.74, 6) is 0.970. The van der Waals surface area contributed by atoms with Crippen LogP contribution in [-0.4, -0.2) is 18.6 Å². The lowest BCUT2D eigenvalue weighted by atomic mass is 10.0. The Labute approximate surface area is 125 Å². The maximum absolute atomic E-state index is 5.46. The highest BCUT2D eigenvalue weighted by molar-refractivity contribution is 7.10. The van der Waals surface area contributed by atoms with Crippen LogP contribution in [0, 0.1) is 6.92 Å². The summed E-state index contributed by atoms with van der Waals surface area (Å²) >= 11 is 1.74. The van der Waals surface area contributed by atoms with Gasteiger partial charge in [0.05, 0.1) is 18.0 Å². The topological polar surface area (TPSA) is 34.2 Å². The fourth-order valence-corrected chi connectivity index (χ4v) is 3.17. The summed E-state index contributed by atoms with van der Waals surface area (Å²) < 4.78 is 5.46. The van der Waals surface area contributed by atoms with Crippen molar-refractivity contribution < 1.29 is 4.74 Å². The van der Waals surface area contributed by atoms with Crippen LogP contribution in [0.25, 0.3) is 0 Å². The fourth-order valence-electron chi connectivity index (χ4n) is 2.23. The van der Waals surface area contributed by atoms with Gasteiger partial charge in [-0.05, 0) is 43.0 Å². The highest BCUT2D eigenvalue weighted by Crippen LogP contribution is 2.32. The Bertz CT molecular complexity index is 539. The minimum absolute atomic E-state index is 0.262. The van der Waals surface area contributed by atoms with Gasteiger partial charge < -0.3 is 10.1 Å². The molecule has 4 heteroatoms. The van der Waals surface area contributed by atoms with Gasteiger partial charge in [-0.3, -0.25) is 4.98 Å². The van der Waals surface area contributed by atoms with Crippen LogP contribution >= 0.6 is 11.3 Å². The summed E-state index contributed by atoms with van der Waals surface area (Å²) in [6.07, 6.45) is 3.87. The van der Waals surface area contributed by atoms with E-state index in [0.29, 0.717) is 0 Å². The van der Waals surface area contributed by atoms with Crippen LogP contribution in [0.1, 0.15) is 35.5 Å². The molecule has 1 atom stereocenters. The van der Waals surface area contributed by atoms with Crippen LogP contribution in [0.5, 0.6) is 5.75 Å². The highest BCUT2D eigenvalue weighted by atomic mass is 32.1. The molecule has 0 aliphatic rings. The average molecular weight is 290 g/mol. The summed E-state index contributed by atoms with van der Waals surface area (Å²) in [5, 5.41) is 5.70. The molecule has 0 bridgehead atoms. The van der Waals surface area contributed by atoms with E-state index in [4.69, 9.17) is 4.74 Å². The summed E-state index contributed by atoms with van der Waals surface area (Å²) in [6, 6.07) is 6.40. The van der Waals surface area contributed by atoms with Crippen molar-refractivity contribution in [2.45, 2.75) is 32.7 Å². The molecule has 20 heavy (non-hydrogen) atoms. The first-order valence-corrected chi connectivity index (χ1v) is 7.89. The van der Waals surface area contributed by atoms with Gasteiger partial charge in [0.1, 0.15) is 5.75 Å². The van der Waals surface area contributed by atoms with Gasteiger partial charge >= 0.3 is 0 Å². The van der Waals surface area contributed by atoms with E-state index in [1.807, 2.05) is 18.3 Å². The Morgan fingerprint density at radius 1 is 1.40 bits per heavy atom. The monoisotopic (exact) mass is 290 g/mol. The SMILES string of the molecule is CCCNC(Cc1ncccc1C)c1sccc1OC. The second-order valence-electron chi connectivity index (χ2n) is 4.83. The summed E-state index contributed by atoms with van der Waals surface area (Å²) in [6.45, 7) is 5.30. The van der Waals surface area contributed by atoms with Crippen LogP contribution in [0.2, 0.25) is 0 Å². The van der Waals surface area contributed by atoms with Gasteiger partial charge in [-0.1, -0.05) is 13.0 Å². The molecule has 2 aromatic rings. The minimum atomic E-state index is 0.262. The molecule has 2 rings (SSSR count). The second-order valence-corrected chi connectivity index (χ2v) is 5.78. The molecular formula is C16H22N2OS. The number of methoxy groups -OCH3 is 1. The Morgan fingerprint density at radius 2 is 2.25 bits per heavy atom. The minimum Gasteiger partial charge on any atom is -0.496 e. The molecule has 0 fully saturated rings. The Morgan fingerprint density at radius 3 is 2.95 bits per heavy atom. The Balaban J connectivity index is 2.22. The third-order valence-electron chi connectivity index (χ3n) is 3.35. The normalized spacial score (nSPS) is 12.3. The number of pyridine rings is 1.